The Morgan fingerprint density at radius 3 is 1.67 bits per heavy atom. The molecule has 0 amide bonds. The molecule has 3 aromatic rings. The first kappa shape index (κ1) is 16.8. The van der Waals surface area contributed by atoms with Crippen molar-refractivity contribution in [2.24, 2.45) is 0 Å². The van der Waals surface area contributed by atoms with Crippen molar-refractivity contribution in [3.63, 3.8) is 0 Å². The fourth-order valence-corrected chi connectivity index (χ4v) is 3.22. The van der Waals surface area contributed by atoms with E-state index in [9.17, 15) is 0 Å². The van der Waals surface area contributed by atoms with E-state index < -0.39 is 0 Å². The van der Waals surface area contributed by atoms with Gasteiger partial charge in [-0.05, 0) is 49.2 Å². The summed E-state index contributed by atoms with van der Waals surface area (Å²) in [6.07, 6.45) is 0. The summed E-state index contributed by atoms with van der Waals surface area (Å²) < 4.78 is 1.11. The molecule has 0 spiro atoms. The number of nitrogens with zero attached hydrogens (tertiary/aromatic N) is 1. The molecule has 3 aromatic carbocycles. The Labute approximate surface area is 153 Å². The molecule has 0 unspecified atom stereocenters. The Bertz CT molecular complexity index is 761. The number of anilines is 1. The number of hydrogen-bond acceptors (Lipinski definition) is 1. The topological polar surface area (TPSA) is 3.24 Å². The molecule has 122 valence electrons. The van der Waals surface area contributed by atoms with Gasteiger partial charge in [-0.15, -0.1) is 0 Å². The van der Waals surface area contributed by atoms with Gasteiger partial charge in [-0.3, -0.25) is 0 Å². The molecule has 0 radical (unpaired) electrons. The molecule has 0 atom stereocenters. The highest BCUT2D eigenvalue weighted by Gasteiger charge is 2.09. The highest BCUT2D eigenvalue weighted by Crippen LogP contribution is 2.23. The molecule has 0 N–H and O–H groups in total. The highest BCUT2D eigenvalue weighted by atomic mass is 79.9. The van der Waals surface area contributed by atoms with E-state index in [0.29, 0.717) is 0 Å². The zero-order chi connectivity index (χ0) is 16.9. The van der Waals surface area contributed by atoms with Crippen molar-refractivity contribution in [3.05, 3.63) is 99.5 Å². The summed E-state index contributed by atoms with van der Waals surface area (Å²) >= 11 is 3.53. The predicted molar refractivity (Wildman–Crippen MR) is 106 cm³/mol. The van der Waals surface area contributed by atoms with Gasteiger partial charge in [-0.2, -0.15) is 0 Å². The molecule has 0 aliphatic rings. The Morgan fingerprint density at radius 1 is 0.708 bits per heavy atom. The number of rotatable bonds is 5. The maximum atomic E-state index is 3.53. The van der Waals surface area contributed by atoms with Crippen LogP contribution < -0.4 is 4.90 Å². The molecule has 0 fully saturated rings. The van der Waals surface area contributed by atoms with Gasteiger partial charge in [0.1, 0.15) is 0 Å². The third-order valence-corrected chi connectivity index (χ3v) is 4.63. The van der Waals surface area contributed by atoms with Gasteiger partial charge in [-0.25, -0.2) is 0 Å². The van der Waals surface area contributed by atoms with E-state index >= 15 is 0 Å². The van der Waals surface area contributed by atoms with Crippen LogP contribution in [0.5, 0.6) is 0 Å². The Balaban J connectivity index is 1.89. The monoisotopic (exact) mass is 379 g/mol. The standard InChI is InChI=1S/C22H22BrN/c1-17-5-3-7-19(13-17)15-24(22-11-9-21(23)10-12-22)16-20-8-4-6-18(2)14-20/h3-14H,15-16H2,1-2H3. The van der Waals surface area contributed by atoms with E-state index in [4.69, 9.17) is 0 Å². The predicted octanol–water partition coefficient (Wildman–Crippen LogP) is 6.27. The molecule has 0 aromatic heterocycles. The minimum absolute atomic E-state index is 0.900. The minimum atomic E-state index is 0.900. The average molecular weight is 380 g/mol. The minimum Gasteiger partial charge on any atom is -0.363 e. The van der Waals surface area contributed by atoms with Crippen molar-refractivity contribution in [1.29, 1.82) is 0 Å². The smallest absolute Gasteiger partial charge is 0.0433 e. The lowest BCUT2D eigenvalue weighted by Crippen LogP contribution is -2.22. The molecule has 3 rings (SSSR count). The zero-order valence-corrected chi connectivity index (χ0v) is 15.8. The summed E-state index contributed by atoms with van der Waals surface area (Å²) in [7, 11) is 0. The van der Waals surface area contributed by atoms with Crippen molar-refractivity contribution in [2.45, 2.75) is 26.9 Å². The Hall–Kier alpha value is -2.06. The fraction of sp³-hybridized carbons (Fsp3) is 0.182. The van der Waals surface area contributed by atoms with Crippen molar-refractivity contribution >= 4 is 21.6 Å². The molecule has 2 heteroatoms. The van der Waals surface area contributed by atoms with Gasteiger partial charge < -0.3 is 4.90 Å². The van der Waals surface area contributed by atoms with Crippen molar-refractivity contribution in [1.82, 2.24) is 0 Å². The van der Waals surface area contributed by atoms with Gasteiger partial charge in [0.2, 0.25) is 0 Å². The van der Waals surface area contributed by atoms with Crippen LogP contribution >= 0.6 is 15.9 Å². The quantitative estimate of drug-likeness (QED) is 0.504. The lowest BCUT2D eigenvalue weighted by Gasteiger charge is -2.26. The van der Waals surface area contributed by atoms with E-state index in [0.717, 1.165) is 17.6 Å². The number of halogens is 1. The first-order valence-corrected chi connectivity index (χ1v) is 9.01. The second-order valence-electron chi connectivity index (χ2n) is 6.31. The number of aryl methyl sites for hydroxylation is 2. The van der Waals surface area contributed by atoms with Crippen LogP contribution in [-0.2, 0) is 13.1 Å². The average Bonchev–Trinajstić information content (AvgIpc) is 2.55. The molecule has 24 heavy (non-hydrogen) atoms. The second-order valence-corrected chi connectivity index (χ2v) is 7.23. The van der Waals surface area contributed by atoms with Gasteiger partial charge in [0, 0.05) is 23.2 Å². The lowest BCUT2D eigenvalue weighted by atomic mass is 10.1. The van der Waals surface area contributed by atoms with Crippen LogP contribution in [0.4, 0.5) is 5.69 Å². The van der Waals surface area contributed by atoms with Crippen LogP contribution in [0.1, 0.15) is 22.3 Å². The van der Waals surface area contributed by atoms with Crippen molar-refractivity contribution < 1.29 is 0 Å². The maximum Gasteiger partial charge on any atom is 0.0433 e. The van der Waals surface area contributed by atoms with Gasteiger partial charge in [0.05, 0.1) is 0 Å². The lowest BCUT2D eigenvalue weighted by molar-refractivity contribution is 0.798. The normalized spacial score (nSPS) is 10.6. The summed E-state index contributed by atoms with van der Waals surface area (Å²) in [6, 6.07) is 26.1. The summed E-state index contributed by atoms with van der Waals surface area (Å²) in [4.78, 5) is 2.43. The molecular formula is C22H22BrN. The van der Waals surface area contributed by atoms with Crippen LogP contribution in [0.15, 0.2) is 77.3 Å². The fourth-order valence-electron chi connectivity index (χ4n) is 2.95. The summed E-state index contributed by atoms with van der Waals surface area (Å²) in [5, 5.41) is 0. The summed E-state index contributed by atoms with van der Waals surface area (Å²) in [5.74, 6) is 0. The van der Waals surface area contributed by atoms with Gasteiger partial charge in [0.15, 0.2) is 0 Å². The maximum absolute atomic E-state index is 3.53. The van der Waals surface area contributed by atoms with E-state index in [1.165, 1.54) is 27.9 Å². The molecule has 0 saturated carbocycles. The van der Waals surface area contributed by atoms with E-state index in [2.05, 4.69) is 107 Å². The van der Waals surface area contributed by atoms with E-state index in [1.807, 2.05) is 0 Å². The van der Waals surface area contributed by atoms with Crippen LogP contribution in [0.3, 0.4) is 0 Å². The molecule has 0 aliphatic carbocycles. The molecule has 0 aliphatic heterocycles. The summed E-state index contributed by atoms with van der Waals surface area (Å²) in [6.45, 7) is 6.09. The first-order chi connectivity index (χ1) is 11.6. The SMILES string of the molecule is Cc1cccc(CN(Cc2cccc(C)c2)c2ccc(Br)cc2)c1. The number of hydrogen-bond donors (Lipinski definition) is 0. The molecular weight excluding hydrogens is 358 g/mol. The van der Waals surface area contributed by atoms with Crippen LogP contribution in [0.25, 0.3) is 0 Å². The van der Waals surface area contributed by atoms with Gasteiger partial charge in [0.25, 0.3) is 0 Å². The van der Waals surface area contributed by atoms with Gasteiger partial charge in [-0.1, -0.05) is 75.6 Å². The molecule has 1 nitrogen and oxygen atoms in total. The van der Waals surface area contributed by atoms with Gasteiger partial charge >= 0.3 is 0 Å². The third-order valence-electron chi connectivity index (χ3n) is 4.10. The van der Waals surface area contributed by atoms with Crippen LogP contribution in [0, 0.1) is 13.8 Å². The Kier molecular flexibility index (Phi) is 5.37. The van der Waals surface area contributed by atoms with E-state index in [1.54, 1.807) is 0 Å². The molecule has 0 heterocycles. The molecule has 0 bridgehead atoms. The number of benzene rings is 3. The Morgan fingerprint density at radius 2 is 1.21 bits per heavy atom. The van der Waals surface area contributed by atoms with Crippen LogP contribution in [0.2, 0.25) is 0 Å². The van der Waals surface area contributed by atoms with E-state index in [-0.39, 0.29) is 0 Å². The second kappa shape index (κ2) is 7.67. The highest BCUT2D eigenvalue weighted by molar-refractivity contribution is 9.10. The van der Waals surface area contributed by atoms with Crippen molar-refractivity contribution in [3.8, 4) is 0 Å². The largest absolute Gasteiger partial charge is 0.363 e. The third kappa shape index (κ3) is 4.48. The van der Waals surface area contributed by atoms with Crippen LogP contribution in [-0.4, -0.2) is 0 Å². The molecule has 0 saturated heterocycles. The zero-order valence-electron chi connectivity index (χ0n) is 14.2. The van der Waals surface area contributed by atoms with Crippen molar-refractivity contribution in [2.75, 3.05) is 4.90 Å². The summed E-state index contributed by atoms with van der Waals surface area (Å²) in [5.41, 5.74) is 6.52. The first-order valence-electron chi connectivity index (χ1n) is 8.22.